The van der Waals surface area contributed by atoms with Crippen LogP contribution in [0.2, 0.25) is 0 Å². The van der Waals surface area contributed by atoms with Gasteiger partial charge in [-0.15, -0.1) is 6.42 Å². The summed E-state index contributed by atoms with van der Waals surface area (Å²) in [5.41, 5.74) is 1.13. The third-order valence-electron chi connectivity index (χ3n) is 3.31. The van der Waals surface area contributed by atoms with Gasteiger partial charge < -0.3 is 15.3 Å². The maximum Gasteiger partial charge on any atom is 0.313 e. The summed E-state index contributed by atoms with van der Waals surface area (Å²) in [6.45, 7) is 0.963. The summed E-state index contributed by atoms with van der Waals surface area (Å²) in [5.74, 6) is 1.27. The normalized spacial score (nSPS) is 17.6. The van der Waals surface area contributed by atoms with Crippen LogP contribution < -0.4 is 5.32 Å². The molecule has 1 aromatic carbocycles. The van der Waals surface area contributed by atoms with Gasteiger partial charge in [0.25, 0.3) is 0 Å². The Morgan fingerprint density at radius 2 is 2.30 bits per heavy atom. The van der Waals surface area contributed by atoms with E-state index in [4.69, 9.17) is 11.5 Å². The molecule has 2 rings (SSSR count). The van der Waals surface area contributed by atoms with E-state index in [0.717, 1.165) is 6.42 Å². The highest BCUT2D eigenvalue weighted by Gasteiger charge is 2.29. The third kappa shape index (κ3) is 3.16. The molecule has 1 aromatic rings. The van der Waals surface area contributed by atoms with Gasteiger partial charge in [-0.1, -0.05) is 12.0 Å². The van der Waals surface area contributed by atoms with E-state index in [1.807, 2.05) is 0 Å². The highest BCUT2D eigenvalue weighted by atomic mass is 16.3. The van der Waals surface area contributed by atoms with Gasteiger partial charge >= 0.3 is 11.8 Å². The molecule has 0 saturated carbocycles. The van der Waals surface area contributed by atoms with Crippen LogP contribution in [-0.2, 0) is 9.59 Å². The van der Waals surface area contributed by atoms with Crippen LogP contribution in [0, 0.1) is 18.3 Å². The van der Waals surface area contributed by atoms with Crippen molar-refractivity contribution in [2.45, 2.75) is 6.42 Å². The smallest absolute Gasteiger partial charge is 0.313 e. The Kier molecular flexibility index (Phi) is 4.38. The van der Waals surface area contributed by atoms with Gasteiger partial charge in [0.05, 0.1) is 0 Å². The van der Waals surface area contributed by atoms with Crippen LogP contribution in [0.1, 0.15) is 12.0 Å². The number of rotatable bonds is 2. The quantitative estimate of drug-likeness (QED) is 0.606. The van der Waals surface area contributed by atoms with E-state index in [9.17, 15) is 9.59 Å². The van der Waals surface area contributed by atoms with Gasteiger partial charge in [0, 0.05) is 36.9 Å². The number of anilines is 1. The van der Waals surface area contributed by atoms with Crippen molar-refractivity contribution in [3.8, 4) is 12.3 Å². The van der Waals surface area contributed by atoms with Gasteiger partial charge in [-0.25, -0.2) is 0 Å². The summed E-state index contributed by atoms with van der Waals surface area (Å²) in [6, 6.07) is 6.76. The number of aliphatic hydroxyl groups excluding tert-OH is 1. The Bertz CT molecular complexity index is 562. The van der Waals surface area contributed by atoms with Crippen molar-refractivity contribution < 1.29 is 14.7 Å². The number of aliphatic hydroxyl groups is 1. The molecule has 1 unspecified atom stereocenters. The SMILES string of the molecule is C#Cc1cccc(NC(=O)C(=O)N2CCC(CO)C2)c1. The maximum absolute atomic E-state index is 12.0. The molecule has 0 aromatic heterocycles. The molecule has 2 N–H and O–H groups in total. The van der Waals surface area contributed by atoms with Crippen LogP contribution in [-0.4, -0.2) is 41.5 Å². The molecule has 0 radical (unpaired) electrons. The van der Waals surface area contributed by atoms with Crippen LogP contribution in [0.5, 0.6) is 0 Å². The number of nitrogens with zero attached hydrogens (tertiary/aromatic N) is 1. The molecule has 5 heteroatoms. The monoisotopic (exact) mass is 272 g/mol. The number of carbonyl (C=O) groups excluding carboxylic acids is 2. The molecule has 0 spiro atoms. The Hall–Kier alpha value is -2.32. The number of hydrogen-bond acceptors (Lipinski definition) is 3. The van der Waals surface area contributed by atoms with E-state index in [0.29, 0.717) is 24.3 Å². The van der Waals surface area contributed by atoms with Crippen LogP contribution >= 0.6 is 0 Å². The Morgan fingerprint density at radius 1 is 1.50 bits per heavy atom. The summed E-state index contributed by atoms with van der Waals surface area (Å²) in [6.07, 6.45) is 6.00. The predicted molar refractivity (Wildman–Crippen MR) is 74.8 cm³/mol. The van der Waals surface area contributed by atoms with E-state index >= 15 is 0 Å². The largest absolute Gasteiger partial charge is 0.396 e. The Morgan fingerprint density at radius 3 is 2.95 bits per heavy atom. The zero-order chi connectivity index (χ0) is 14.5. The molecule has 1 saturated heterocycles. The molecule has 20 heavy (non-hydrogen) atoms. The van der Waals surface area contributed by atoms with Crippen molar-refractivity contribution in [3.63, 3.8) is 0 Å². The number of terminal acetylenes is 1. The molecule has 1 atom stereocenters. The number of amides is 2. The fourth-order valence-corrected chi connectivity index (χ4v) is 2.18. The van der Waals surface area contributed by atoms with Crippen molar-refractivity contribution >= 4 is 17.5 Å². The van der Waals surface area contributed by atoms with Crippen molar-refractivity contribution in [2.24, 2.45) is 5.92 Å². The molecule has 2 amide bonds. The van der Waals surface area contributed by atoms with Crippen molar-refractivity contribution in [2.75, 3.05) is 25.0 Å². The van der Waals surface area contributed by atoms with Crippen LogP contribution in [0.15, 0.2) is 24.3 Å². The molecule has 1 fully saturated rings. The summed E-state index contributed by atoms with van der Waals surface area (Å²) < 4.78 is 0. The number of carbonyl (C=O) groups is 2. The van der Waals surface area contributed by atoms with E-state index in [1.54, 1.807) is 24.3 Å². The molecule has 0 aliphatic carbocycles. The molecular weight excluding hydrogens is 256 g/mol. The van der Waals surface area contributed by atoms with Gasteiger partial charge in [-0.05, 0) is 24.6 Å². The first-order valence-corrected chi connectivity index (χ1v) is 6.42. The molecule has 1 aliphatic rings. The fraction of sp³-hybridized carbons (Fsp3) is 0.333. The second-order valence-electron chi connectivity index (χ2n) is 4.77. The minimum atomic E-state index is -0.683. The van der Waals surface area contributed by atoms with Crippen LogP contribution in [0.25, 0.3) is 0 Å². The zero-order valence-electron chi connectivity index (χ0n) is 11.0. The first-order valence-electron chi connectivity index (χ1n) is 6.42. The summed E-state index contributed by atoms with van der Waals surface area (Å²) in [5, 5.41) is 11.6. The van der Waals surface area contributed by atoms with Crippen LogP contribution in [0.4, 0.5) is 5.69 Å². The lowest BCUT2D eigenvalue weighted by atomic mass is 10.1. The van der Waals surface area contributed by atoms with Gasteiger partial charge in [-0.3, -0.25) is 9.59 Å². The molecule has 5 nitrogen and oxygen atoms in total. The average molecular weight is 272 g/mol. The van der Waals surface area contributed by atoms with Gasteiger partial charge in [0.15, 0.2) is 0 Å². The average Bonchev–Trinajstić information content (AvgIpc) is 2.95. The Labute approximate surface area is 117 Å². The lowest BCUT2D eigenvalue weighted by Crippen LogP contribution is -2.38. The summed E-state index contributed by atoms with van der Waals surface area (Å²) in [4.78, 5) is 25.3. The summed E-state index contributed by atoms with van der Waals surface area (Å²) >= 11 is 0. The minimum absolute atomic E-state index is 0.0373. The molecule has 1 aliphatic heterocycles. The zero-order valence-corrected chi connectivity index (χ0v) is 11.0. The van der Waals surface area contributed by atoms with Gasteiger partial charge in [0.2, 0.25) is 0 Å². The predicted octanol–water partition coefficient (Wildman–Crippen LogP) is 0.447. The number of hydrogen-bond donors (Lipinski definition) is 2. The maximum atomic E-state index is 12.0. The molecule has 0 bridgehead atoms. The van der Waals surface area contributed by atoms with E-state index < -0.39 is 11.8 Å². The van der Waals surface area contributed by atoms with Crippen molar-refractivity contribution in [1.29, 1.82) is 0 Å². The molecular formula is C15H16N2O3. The number of likely N-dealkylation sites (tertiary alicyclic amines) is 1. The van der Waals surface area contributed by atoms with Crippen molar-refractivity contribution in [3.05, 3.63) is 29.8 Å². The van der Waals surface area contributed by atoms with Crippen molar-refractivity contribution in [1.82, 2.24) is 4.90 Å². The number of benzene rings is 1. The minimum Gasteiger partial charge on any atom is -0.396 e. The highest BCUT2D eigenvalue weighted by molar-refractivity contribution is 6.39. The second-order valence-corrected chi connectivity index (χ2v) is 4.77. The van der Waals surface area contributed by atoms with Crippen LogP contribution in [0.3, 0.4) is 0 Å². The third-order valence-corrected chi connectivity index (χ3v) is 3.31. The highest BCUT2D eigenvalue weighted by Crippen LogP contribution is 2.16. The second kappa shape index (κ2) is 6.22. The fourth-order valence-electron chi connectivity index (χ4n) is 2.18. The number of nitrogens with one attached hydrogen (secondary N) is 1. The van der Waals surface area contributed by atoms with E-state index in [1.165, 1.54) is 4.90 Å². The standard InChI is InChI=1S/C15H16N2O3/c1-2-11-4-3-5-13(8-11)16-14(19)15(20)17-7-6-12(9-17)10-18/h1,3-5,8,12,18H,6-7,9-10H2,(H,16,19). The van der Waals surface area contributed by atoms with E-state index in [2.05, 4.69) is 11.2 Å². The first-order chi connectivity index (χ1) is 9.63. The molecule has 104 valence electrons. The first kappa shape index (κ1) is 14.1. The summed E-state index contributed by atoms with van der Waals surface area (Å²) in [7, 11) is 0. The topological polar surface area (TPSA) is 69.6 Å². The van der Waals surface area contributed by atoms with Gasteiger partial charge in [0.1, 0.15) is 0 Å². The lowest BCUT2D eigenvalue weighted by Gasteiger charge is -2.15. The van der Waals surface area contributed by atoms with Gasteiger partial charge in [-0.2, -0.15) is 0 Å². The van der Waals surface area contributed by atoms with E-state index in [-0.39, 0.29) is 12.5 Å². The lowest BCUT2D eigenvalue weighted by molar-refractivity contribution is -0.142. The molecule has 1 heterocycles. The Balaban J connectivity index is 1.98.